The van der Waals surface area contributed by atoms with Gasteiger partial charge in [-0.3, -0.25) is 0 Å². The highest BCUT2D eigenvalue weighted by Crippen LogP contribution is 2.41. The number of thiophene rings is 2. The molecule has 0 bridgehead atoms. The van der Waals surface area contributed by atoms with Crippen LogP contribution >= 0.6 is 22.7 Å². The SMILES string of the molecule is c1ccc2cc(-n3c4ccccc4c4ccc(-c5nc(-c6ccc7sc8ccccc8c7c6)nc(-c6cccc7c6sc6ccccc67)n5)cc43)ccc2c1. The number of benzene rings is 8. The van der Waals surface area contributed by atoms with Crippen molar-refractivity contribution in [1.82, 2.24) is 19.5 Å². The Balaban J connectivity index is 1.11. The van der Waals surface area contributed by atoms with Crippen LogP contribution in [0.3, 0.4) is 0 Å². The summed E-state index contributed by atoms with van der Waals surface area (Å²) in [6, 6.07) is 60.8. The first-order chi connectivity index (χ1) is 27.2. The summed E-state index contributed by atoms with van der Waals surface area (Å²) in [5, 5.41) is 9.76. The molecule has 0 fully saturated rings. The summed E-state index contributed by atoms with van der Waals surface area (Å²) in [6.45, 7) is 0. The Bertz CT molecular complexity index is 3520. The fourth-order valence-electron chi connectivity index (χ4n) is 8.25. The first-order valence-corrected chi connectivity index (χ1v) is 20.0. The van der Waals surface area contributed by atoms with Crippen LogP contribution in [-0.2, 0) is 0 Å². The number of rotatable bonds is 4. The molecule has 4 nitrogen and oxygen atoms in total. The molecule has 256 valence electrons. The van der Waals surface area contributed by atoms with Gasteiger partial charge in [0, 0.05) is 73.5 Å². The molecule has 0 unspecified atom stereocenters. The largest absolute Gasteiger partial charge is 0.309 e. The lowest BCUT2D eigenvalue weighted by Crippen LogP contribution is -2.00. The van der Waals surface area contributed by atoms with Crippen molar-refractivity contribution in [3.8, 4) is 39.9 Å². The van der Waals surface area contributed by atoms with Crippen LogP contribution in [0.25, 0.3) is 113 Å². The predicted octanol–water partition coefficient (Wildman–Crippen LogP) is 13.9. The minimum atomic E-state index is 0.644. The molecule has 0 atom stereocenters. The van der Waals surface area contributed by atoms with Crippen LogP contribution in [0.4, 0.5) is 0 Å². The van der Waals surface area contributed by atoms with Gasteiger partial charge in [0.05, 0.1) is 11.0 Å². The zero-order valence-corrected chi connectivity index (χ0v) is 30.9. The smallest absolute Gasteiger partial charge is 0.165 e. The second kappa shape index (κ2) is 11.9. The molecule has 0 amide bonds. The van der Waals surface area contributed by atoms with E-state index < -0.39 is 0 Å². The van der Waals surface area contributed by atoms with Gasteiger partial charge in [0.2, 0.25) is 0 Å². The van der Waals surface area contributed by atoms with E-state index in [1.54, 1.807) is 11.3 Å². The monoisotopic (exact) mass is 736 g/mol. The van der Waals surface area contributed by atoms with E-state index in [0.29, 0.717) is 17.5 Å². The minimum Gasteiger partial charge on any atom is -0.309 e. The van der Waals surface area contributed by atoms with Crippen molar-refractivity contribution < 1.29 is 0 Å². The first-order valence-electron chi connectivity index (χ1n) is 18.3. The van der Waals surface area contributed by atoms with Crippen LogP contribution in [0.2, 0.25) is 0 Å². The summed E-state index contributed by atoms with van der Waals surface area (Å²) in [7, 11) is 0. The molecule has 0 aliphatic rings. The van der Waals surface area contributed by atoms with Gasteiger partial charge in [-0.05, 0) is 71.4 Å². The van der Waals surface area contributed by atoms with Crippen molar-refractivity contribution in [3.63, 3.8) is 0 Å². The summed E-state index contributed by atoms with van der Waals surface area (Å²) in [6.07, 6.45) is 0. The van der Waals surface area contributed by atoms with Gasteiger partial charge in [-0.1, -0.05) is 109 Å². The fourth-order valence-corrected chi connectivity index (χ4v) is 10.5. The standard InChI is InChI=1S/C49H28N4S2/c1-2-11-30-26-33(23-20-29(30)10-1)53-41-17-6-3-12-34(41)35-24-21-32(28-42(35)53)48-50-47(31-22-25-45-40(27-31)37-14-5-7-18-43(37)54-45)51-49(52-48)39-16-9-15-38-36-13-4-8-19-44(36)55-46(38)39/h1-28H. The van der Waals surface area contributed by atoms with Crippen LogP contribution in [0.5, 0.6) is 0 Å². The number of hydrogen-bond acceptors (Lipinski definition) is 5. The molecule has 0 N–H and O–H groups in total. The van der Waals surface area contributed by atoms with Crippen LogP contribution in [0.15, 0.2) is 170 Å². The van der Waals surface area contributed by atoms with E-state index in [0.717, 1.165) is 33.4 Å². The number of fused-ring (bicyclic) bond motifs is 10. The molecule has 0 aliphatic heterocycles. The highest BCUT2D eigenvalue weighted by molar-refractivity contribution is 7.26. The molecule has 0 radical (unpaired) electrons. The van der Waals surface area contributed by atoms with Crippen molar-refractivity contribution in [2.45, 2.75) is 0 Å². The van der Waals surface area contributed by atoms with E-state index in [1.165, 1.54) is 61.9 Å². The van der Waals surface area contributed by atoms with E-state index in [2.05, 4.69) is 174 Å². The van der Waals surface area contributed by atoms with Crippen LogP contribution in [-0.4, -0.2) is 19.5 Å². The molecule has 55 heavy (non-hydrogen) atoms. The van der Waals surface area contributed by atoms with Gasteiger partial charge in [0.1, 0.15) is 0 Å². The second-order valence-corrected chi connectivity index (χ2v) is 16.1. The topological polar surface area (TPSA) is 43.6 Å². The van der Waals surface area contributed by atoms with Crippen molar-refractivity contribution in [2.24, 2.45) is 0 Å². The lowest BCUT2D eigenvalue weighted by molar-refractivity contribution is 1.08. The van der Waals surface area contributed by atoms with Gasteiger partial charge in [0.25, 0.3) is 0 Å². The highest BCUT2D eigenvalue weighted by atomic mass is 32.1. The summed E-state index contributed by atoms with van der Waals surface area (Å²) >= 11 is 3.61. The zero-order chi connectivity index (χ0) is 36.0. The average Bonchev–Trinajstić information content (AvgIpc) is 3.92. The van der Waals surface area contributed by atoms with Gasteiger partial charge in [-0.2, -0.15) is 0 Å². The van der Waals surface area contributed by atoms with Crippen molar-refractivity contribution in [3.05, 3.63) is 170 Å². The number of hydrogen-bond donors (Lipinski definition) is 0. The molecule has 12 aromatic rings. The molecule has 0 saturated carbocycles. The molecular formula is C49H28N4S2. The second-order valence-electron chi connectivity index (χ2n) is 14.0. The van der Waals surface area contributed by atoms with E-state index in [1.807, 2.05) is 11.3 Å². The molecule has 6 heteroatoms. The third-order valence-electron chi connectivity index (χ3n) is 10.8. The number of nitrogens with zero attached hydrogens (tertiary/aromatic N) is 4. The van der Waals surface area contributed by atoms with Crippen molar-refractivity contribution in [2.75, 3.05) is 0 Å². The van der Waals surface area contributed by atoms with E-state index in [-0.39, 0.29) is 0 Å². The summed E-state index contributed by atoms with van der Waals surface area (Å²) < 4.78 is 7.33. The fraction of sp³-hybridized carbons (Fsp3) is 0. The Morgan fingerprint density at radius 2 is 0.982 bits per heavy atom. The van der Waals surface area contributed by atoms with E-state index in [9.17, 15) is 0 Å². The predicted molar refractivity (Wildman–Crippen MR) is 234 cm³/mol. The zero-order valence-electron chi connectivity index (χ0n) is 29.3. The summed E-state index contributed by atoms with van der Waals surface area (Å²) in [5.41, 5.74) is 6.30. The number of para-hydroxylation sites is 1. The van der Waals surface area contributed by atoms with Gasteiger partial charge >= 0.3 is 0 Å². The summed E-state index contributed by atoms with van der Waals surface area (Å²) in [4.78, 5) is 15.8. The molecule has 0 aliphatic carbocycles. The number of aromatic nitrogens is 4. The van der Waals surface area contributed by atoms with Gasteiger partial charge in [0.15, 0.2) is 17.5 Å². The maximum atomic E-state index is 5.30. The molecule has 0 spiro atoms. The van der Waals surface area contributed by atoms with Gasteiger partial charge in [-0.15, -0.1) is 22.7 Å². The molecule has 12 rings (SSSR count). The van der Waals surface area contributed by atoms with E-state index in [4.69, 9.17) is 15.0 Å². The molecule has 8 aromatic carbocycles. The molecular weight excluding hydrogens is 709 g/mol. The van der Waals surface area contributed by atoms with Gasteiger partial charge in [-0.25, -0.2) is 15.0 Å². The average molecular weight is 737 g/mol. The normalized spacial score (nSPS) is 12.0. The molecule has 4 heterocycles. The van der Waals surface area contributed by atoms with Crippen LogP contribution in [0.1, 0.15) is 0 Å². The quantitative estimate of drug-likeness (QED) is 0.181. The lowest BCUT2D eigenvalue weighted by Gasteiger charge is -2.11. The van der Waals surface area contributed by atoms with Crippen LogP contribution < -0.4 is 0 Å². The Kier molecular flexibility index (Phi) is 6.64. The first kappa shape index (κ1) is 30.7. The highest BCUT2D eigenvalue weighted by Gasteiger charge is 2.19. The Morgan fingerprint density at radius 3 is 1.84 bits per heavy atom. The maximum Gasteiger partial charge on any atom is 0.165 e. The van der Waals surface area contributed by atoms with Crippen molar-refractivity contribution in [1.29, 1.82) is 0 Å². The Morgan fingerprint density at radius 1 is 0.364 bits per heavy atom. The van der Waals surface area contributed by atoms with Crippen LogP contribution in [0, 0.1) is 0 Å². The van der Waals surface area contributed by atoms with E-state index >= 15 is 0 Å². The Labute approximate surface area is 323 Å². The van der Waals surface area contributed by atoms with Crippen molar-refractivity contribution >= 4 is 95.6 Å². The Hall–Kier alpha value is -6.73. The lowest BCUT2D eigenvalue weighted by atomic mass is 10.1. The molecule has 4 aromatic heterocycles. The minimum absolute atomic E-state index is 0.644. The summed E-state index contributed by atoms with van der Waals surface area (Å²) in [5.74, 6) is 1.97. The molecule has 0 saturated heterocycles. The third-order valence-corrected chi connectivity index (χ3v) is 13.2. The third kappa shape index (κ3) is 4.79. The maximum absolute atomic E-state index is 5.30. The van der Waals surface area contributed by atoms with Gasteiger partial charge < -0.3 is 4.57 Å².